The number of nitrogens with zero attached hydrogens (tertiary/aromatic N) is 2. The number of hydrogen-bond acceptors (Lipinski definition) is 1. The van der Waals surface area contributed by atoms with Crippen LogP contribution in [-0.2, 0) is 0 Å². The predicted octanol–water partition coefficient (Wildman–Crippen LogP) is 6.17. The van der Waals surface area contributed by atoms with Gasteiger partial charge < -0.3 is 0 Å². The summed E-state index contributed by atoms with van der Waals surface area (Å²) in [5.74, 6) is 0. The van der Waals surface area contributed by atoms with Crippen molar-refractivity contribution in [3.63, 3.8) is 0 Å². The SMILES string of the molecule is Cc1cc(C)cc(C2=NC(c3cc(C)cc(C)c3)[N+](C)=C2c2cc(C)cc(C)c2)c1. The molecule has 4 rings (SSSR count). The molecule has 0 aliphatic carbocycles. The van der Waals surface area contributed by atoms with Gasteiger partial charge in [0.2, 0.25) is 5.71 Å². The van der Waals surface area contributed by atoms with Crippen molar-refractivity contribution in [1.82, 2.24) is 0 Å². The van der Waals surface area contributed by atoms with E-state index in [4.69, 9.17) is 4.99 Å². The molecule has 0 saturated heterocycles. The molecule has 1 heterocycles. The standard InChI is InChI=1S/C28H31N2/c1-17-8-18(2)12-23(11-17)26-27(24-13-19(3)9-20(4)14-24)30(7)28(29-26)25-15-21(5)10-22(6)16-25/h8-16,28H,1-7H3/q+1. The van der Waals surface area contributed by atoms with Gasteiger partial charge in [0.05, 0.1) is 0 Å². The quantitative estimate of drug-likeness (QED) is 0.471. The van der Waals surface area contributed by atoms with Crippen molar-refractivity contribution in [3.05, 3.63) is 105 Å². The number of aryl methyl sites for hydroxylation is 6. The van der Waals surface area contributed by atoms with Gasteiger partial charge in [-0.1, -0.05) is 51.6 Å². The van der Waals surface area contributed by atoms with E-state index in [2.05, 4.69) is 108 Å². The summed E-state index contributed by atoms with van der Waals surface area (Å²) in [6.07, 6.45) is -0.0183. The fourth-order valence-corrected chi connectivity index (χ4v) is 4.79. The molecule has 0 amide bonds. The van der Waals surface area contributed by atoms with Crippen LogP contribution in [-0.4, -0.2) is 23.0 Å². The van der Waals surface area contributed by atoms with Gasteiger partial charge in [0.15, 0.2) is 0 Å². The first-order valence-electron chi connectivity index (χ1n) is 10.6. The second-order valence-electron chi connectivity index (χ2n) is 8.98. The Kier molecular flexibility index (Phi) is 5.19. The van der Waals surface area contributed by atoms with Gasteiger partial charge in [-0.2, -0.15) is 0 Å². The van der Waals surface area contributed by atoms with E-state index < -0.39 is 0 Å². The molecule has 0 spiro atoms. The Morgan fingerprint density at radius 3 is 1.43 bits per heavy atom. The second kappa shape index (κ2) is 7.68. The van der Waals surface area contributed by atoms with Crippen molar-refractivity contribution in [2.45, 2.75) is 47.7 Å². The zero-order valence-corrected chi connectivity index (χ0v) is 19.2. The Bertz CT molecular complexity index is 1150. The molecule has 0 saturated carbocycles. The van der Waals surface area contributed by atoms with E-state index in [1.165, 1.54) is 55.8 Å². The smallest absolute Gasteiger partial charge is 0.206 e. The van der Waals surface area contributed by atoms with Crippen LogP contribution in [0.3, 0.4) is 0 Å². The lowest BCUT2D eigenvalue weighted by Crippen LogP contribution is -2.23. The maximum Gasteiger partial charge on any atom is 0.273 e. The van der Waals surface area contributed by atoms with Gasteiger partial charge in [-0.05, 0) is 77.9 Å². The van der Waals surface area contributed by atoms with E-state index in [0.29, 0.717) is 0 Å². The zero-order valence-electron chi connectivity index (χ0n) is 19.2. The van der Waals surface area contributed by atoms with Gasteiger partial charge >= 0.3 is 0 Å². The molecule has 1 aliphatic heterocycles. The largest absolute Gasteiger partial charge is 0.273 e. The van der Waals surface area contributed by atoms with Crippen LogP contribution in [0.5, 0.6) is 0 Å². The third-order valence-corrected chi connectivity index (χ3v) is 5.73. The minimum atomic E-state index is -0.0183. The first-order chi connectivity index (χ1) is 14.2. The number of hydrogen-bond donors (Lipinski definition) is 0. The van der Waals surface area contributed by atoms with Gasteiger partial charge in [-0.25, -0.2) is 9.57 Å². The van der Waals surface area contributed by atoms with Gasteiger partial charge in [0.1, 0.15) is 12.8 Å². The number of aliphatic imine (C=N–C) groups is 1. The fraction of sp³-hybridized carbons (Fsp3) is 0.286. The molecular formula is C28H31N2+. The van der Waals surface area contributed by atoms with Crippen LogP contribution in [0.25, 0.3) is 0 Å². The van der Waals surface area contributed by atoms with Gasteiger partial charge in [0.25, 0.3) is 6.17 Å². The summed E-state index contributed by atoms with van der Waals surface area (Å²) in [6.45, 7) is 13.0. The first kappa shape index (κ1) is 20.3. The molecule has 3 aromatic rings. The third-order valence-electron chi connectivity index (χ3n) is 5.73. The Balaban J connectivity index is 1.96. The summed E-state index contributed by atoms with van der Waals surface area (Å²) in [7, 11) is 2.18. The average molecular weight is 396 g/mol. The maximum atomic E-state index is 5.30. The van der Waals surface area contributed by atoms with Gasteiger partial charge in [-0.3, -0.25) is 0 Å². The first-order valence-corrected chi connectivity index (χ1v) is 10.6. The highest BCUT2D eigenvalue weighted by Gasteiger charge is 2.36. The minimum absolute atomic E-state index is 0.0183. The van der Waals surface area contributed by atoms with Crippen LogP contribution in [0.15, 0.2) is 59.6 Å². The monoisotopic (exact) mass is 395 g/mol. The lowest BCUT2D eigenvalue weighted by molar-refractivity contribution is -0.536. The van der Waals surface area contributed by atoms with E-state index in [1.807, 2.05) is 0 Å². The zero-order chi connectivity index (χ0) is 21.6. The summed E-state index contributed by atoms with van der Waals surface area (Å²) >= 11 is 0. The van der Waals surface area contributed by atoms with Crippen LogP contribution >= 0.6 is 0 Å². The molecule has 0 radical (unpaired) electrons. The van der Waals surface area contributed by atoms with Crippen LogP contribution in [0.1, 0.15) is 56.2 Å². The van der Waals surface area contributed by atoms with Crippen molar-refractivity contribution in [2.24, 2.45) is 4.99 Å². The Labute approximate surface area is 180 Å². The molecule has 1 aliphatic rings. The molecule has 1 unspecified atom stereocenters. The molecule has 1 atom stereocenters. The molecular weight excluding hydrogens is 364 g/mol. The topological polar surface area (TPSA) is 15.4 Å². The lowest BCUT2D eigenvalue weighted by Gasteiger charge is -2.09. The number of benzene rings is 3. The summed E-state index contributed by atoms with van der Waals surface area (Å²) in [4.78, 5) is 5.30. The predicted molar refractivity (Wildman–Crippen MR) is 127 cm³/mol. The Morgan fingerprint density at radius 1 is 0.567 bits per heavy atom. The average Bonchev–Trinajstić information content (AvgIpc) is 2.96. The number of rotatable bonds is 3. The van der Waals surface area contributed by atoms with Crippen molar-refractivity contribution in [2.75, 3.05) is 7.05 Å². The highest BCUT2D eigenvalue weighted by molar-refractivity contribution is 6.52. The molecule has 3 aromatic carbocycles. The lowest BCUT2D eigenvalue weighted by atomic mass is 9.95. The fourth-order valence-electron chi connectivity index (χ4n) is 4.79. The van der Waals surface area contributed by atoms with E-state index in [1.54, 1.807) is 0 Å². The maximum absolute atomic E-state index is 5.30. The molecule has 0 N–H and O–H groups in total. The molecule has 152 valence electrons. The molecule has 0 fully saturated rings. The molecule has 0 bridgehead atoms. The normalized spacial score (nSPS) is 16.2. The van der Waals surface area contributed by atoms with E-state index in [-0.39, 0.29) is 6.17 Å². The molecule has 0 aromatic heterocycles. The van der Waals surface area contributed by atoms with Crippen LogP contribution < -0.4 is 0 Å². The Hall–Kier alpha value is -3.00. The summed E-state index contributed by atoms with van der Waals surface area (Å²) in [5, 5.41) is 0. The second-order valence-corrected chi connectivity index (χ2v) is 8.98. The minimum Gasteiger partial charge on any atom is -0.206 e. The van der Waals surface area contributed by atoms with Crippen LogP contribution in [0, 0.1) is 41.5 Å². The highest BCUT2D eigenvalue weighted by atomic mass is 15.2. The van der Waals surface area contributed by atoms with Gasteiger partial charge in [0, 0.05) is 16.7 Å². The Morgan fingerprint density at radius 2 is 0.967 bits per heavy atom. The van der Waals surface area contributed by atoms with Crippen LogP contribution in [0.2, 0.25) is 0 Å². The molecule has 30 heavy (non-hydrogen) atoms. The van der Waals surface area contributed by atoms with Crippen molar-refractivity contribution < 1.29 is 4.58 Å². The van der Waals surface area contributed by atoms with Crippen LogP contribution in [0.4, 0.5) is 0 Å². The third kappa shape index (κ3) is 3.87. The summed E-state index contributed by atoms with van der Waals surface area (Å²) in [6, 6.07) is 20.3. The van der Waals surface area contributed by atoms with E-state index >= 15 is 0 Å². The summed E-state index contributed by atoms with van der Waals surface area (Å²) < 4.78 is 2.34. The highest BCUT2D eigenvalue weighted by Crippen LogP contribution is 2.29. The van der Waals surface area contributed by atoms with E-state index in [0.717, 1.165) is 5.71 Å². The molecule has 2 nitrogen and oxygen atoms in total. The van der Waals surface area contributed by atoms with Crippen molar-refractivity contribution >= 4 is 11.4 Å². The van der Waals surface area contributed by atoms with Crippen molar-refractivity contribution in [3.8, 4) is 0 Å². The van der Waals surface area contributed by atoms with Gasteiger partial charge in [-0.15, -0.1) is 0 Å². The molecule has 2 heteroatoms. The van der Waals surface area contributed by atoms with Crippen molar-refractivity contribution in [1.29, 1.82) is 0 Å². The summed E-state index contributed by atoms with van der Waals surface area (Å²) in [5.41, 5.74) is 13.6. The van der Waals surface area contributed by atoms with E-state index in [9.17, 15) is 0 Å².